The molecule has 0 aliphatic heterocycles. The zero-order valence-electron chi connectivity index (χ0n) is 14.4. The van der Waals surface area contributed by atoms with Gasteiger partial charge in [-0.1, -0.05) is 0 Å². The molecule has 0 amide bonds. The van der Waals surface area contributed by atoms with Crippen molar-refractivity contribution in [2.75, 3.05) is 0 Å². The number of imidazole rings is 1. The van der Waals surface area contributed by atoms with Gasteiger partial charge in [-0.15, -0.1) is 0 Å². The van der Waals surface area contributed by atoms with E-state index in [2.05, 4.69) is 25.1 Å². The predicted octanol–water partition coefficient (Wildman–Crippen LogP) is 4.52. The summed E-state index contributed by atoms with van der Waals surface area (Å²) >= 11 is 0. The van der Waals surface area contributed by atoms with Crippen molar-refractivity contribution in [1.82, 2.24) is 29.7 Å². The van der Waals surface area contributed by atoms with Crippen molar-refractivity contribution in [1.29, 1.82) is 0 Å². The molecule has 144 valence electrons. The van der Waals surface area contributed by atoms with Crippen LogP contribution < -0.4 is 0 Å². The van der Waals surface area contributed by atoms with Gasteiger partial charge in [-0.25, -0.2) is 19.3 Å². The zero-order chi connectivity index (χ0) is 20.2. The minimum Gasteiger partial charge on any atom is -0.278 e. The fraction of sp³-hybridized carbons (Fsp3) is 0.0526. The number of benzene rings is 1. The smallest absolute Gasteiger partial charge is 0.278 e. The number of alkyl halides is 3. The van der Waals surface area contributed by atoms with Gasteiger partial charge in [0.1, 0.15) is 22.7 Å². The topological polar surface area (TPSA) is 72.3 Å². The Labute approximate surface area is 159 Å². The molecule has 6 nitrogen and oxygen atoms in total. The Kier molecular flexibility index (Phi) is 3.63. The number of nitrogens with zero attached hydrogens (tertiary/aromatic N) is 5. The third kappa shape index (κ3) is 2.89. The zero-order valence-corrected chi connectivity index (χ0v) is 14.4. The summed E-state index contributed by atoms with van der Waals surface area (Å²) in [4.78, 5) is 12.2. The van der Waals surface area contributed by atoms with Crippen LogP contribution in [0.25, 0.3) is 39.3 Å². The molecule has 0 saturated heterocycles. The molecule has 10 heteroatoms. The van der Waals surface area contributed by atoms with Crippen LogP contribution in [0.2, 0.25) is 0 Å². The summed E-state index contributed by atoms with van der Waals surface area (Å²) < 4.78 is 54.5. The van der Waals surface area contributed by atoms with Crippen molar-refractivity contribution in [3.63, 3.8) is 0 Å². The monoisotopic (exact) mass is 398 g/mol. The maximum Gasteiger partial charge on any atom is 0.433 e. The van der Waals surface area contributed by atoms with Crippen molar-refractivity contribution in [2.24, 2.45) is 0 Å². The minimum atomic E-state index is -4.61. The second kappa shape index (κ2) is 6.09. The number of fused-ring (bicyclic) bond motifs is 2. The van der Waals surface area contributed by atoms with Gasteiger partial charge in [-0.05, 0) is 42.5 Å². The molecule has 5 aromatic rings. The number of H-pyrrole nitrogens is 1. The van der Waals surface area contributed by atoms with Crippen LogP contribution in [0.5, 0.6) is 0 Å². The first-order chi connectivity index (χ1) is 13.9. The summed E-state index contributed by atoms with van der Waals surface area (Å²) in [6.45, 7) is 0. The van der Waals surface area contributed by atoms with Gasteiger partial charge in [0.25, 0.3) is 0 Å². The van der Waals surface area contributed by atoms with Crippen LogP contribution in [-0.2, 0) is 6.18 Å². The van der Waals surface area contributed by atoms with Gasteiger partial charge >= 0.3 is 6.18 Å². The van der Waals surface area contributed by atoms with Crippen LogP contribution in [0, 0.1) is 5.82 Å². The van der Waals surface area contributed by atoms with Gasteiger partial charge in [-0.2, -0.15) is 18.3 Å². The number of halogens is 4. The molecule has 4 aromatic heterocycles. The molecule has 1 aromatic carbocycles. The largest absolute Gasteiger partial charge is 0.433 e. The highest BCUT2D eigenvalue weighted by Gasteiger charge is 2.33. The Morgan fingerprint density at radius 2 is 1.79 bits per heavy atom. The summed E-state index contributed by atoms with van der Waals surface area (Å²) in [5, 5.41) is 7.53. The maximum atomic E-state index is 13.3. The SMILES string of the molecule is Fc1ccc(-c2nc3ccc(C(F)(F)F)nc3n2-c2ccc3[nH]ncc3c2)nc1. The van der Waals surface area contributed by atoms with E-state index >= 15 is 0 Å². The van der Waals surface area contributed by atoms with Crippen molar-refractivity contribution in [2.45, 2.75) is 6.18 Å². The van der Waals surface area contributed by atoms with Gasteiger partial charge in [0.15, 0.2) is 11.5 Å². The van der Waals surface area contributed by atoms with Crippen molar-refractivity contribution in [3.05, 3.63) is 66.4 Å². The lowest BCUT2D eigenvalue weighted by Gasteiger charge is -2.10. The lowest BCUT2D eigenvalue weighted by Crippen LogP contribution is -2.09. The van der Waals surface area contributed by atoms with Gasteiger partial charge < -0.3 is 0 Å². The second-order valence-corrected chi connectivity index (χ2v) is 6.31. The molecule has 29 heavy (non-hydrogen) atoms. The average Bonchev–Trinajstić information content (AvgIpc) is 3.31. The fourth-order valence-corrected chi connectivity index (χ4v) is 3.11. The number of aromatic nitrogens is 6. The van der Waals surface area contributed by atoms with Gasteiger partial charge in [0.2, 0.25) is 0 Å². The van der Waals surface area contributed by atoms with Gasteiger partial charge in [-0.3, -0.25) is 9.67 Å². The molecule has 0 bridgehead atoms. The van der Waals surface area contributed by atoms with Crippen LogP contribution in [0.3, 0.4) is 0 Å². The van der Waals surface area contributed by atoms with Crippen molar-refractivity contribution < 1.29 is 17.6 Å². The predicted molar refractivity (Wildman–Crippen MR) is 96.7 cm³/mol. The quantitative estimate of drug-likeness (QED) is 0.444. The van der Waals surface area contributed by atoms with E-state index in [-0.39, 0.29) is 17.0 Å². The van der Waals surface area contributed by atoms with Crippen LogP contribution >= 0.6 is 0 Å². The highest BCUT2D eigenvalue weighted by Crippen LogP contribution is 2.32. The van der Waals surface area contributed by atoms with E-state index < -0.39 is 17.7 Å². The van der Waals surface area contributed by atoms with Crippen LogP contribution in [0.4, 0.5) is 17.6 Å². The number of pyridine rings is 2. The standard InChI is InChI=1S/C19H10F4N6/c20-11-1-3-14(24-9-11)17-26-15-5-6-16(19(21,22)23)27-18(15)29(17)12-2-4-13-10(7-12)8-25-28-13/h1-9H,(H,25,28). The van der Waals surface area contributed by atoms with Gasteiger partial charge in [0, 0.05) is 5.39 Å². The summed E-state index contributed by atoms with van der Waals surface area (Å²) in [6.07, 6.45) is -1.98. The number of hydrogen-bond acceptors (Lipinski definition) is 4. The first kappa shape index (κ1) is 17.3. The Bertz CT molecular complexity index is 1350. The molecule has 0 atom stereocenters. The molecular weight excluding hydrogens is 388 g/mol. The first-order valence-corrected chi connectivity index (χ1v) is 8.42. The molecule has 0 spiro atoms. The maximum absolute atomic E-state index is 13.3. The molecular formula is C19H10F4N6. The second-order valence-electron chi connectivity index (χ2n) is 6.31. The van der Waals surface area contributed by atoms with E-state index in [0.717, 1.165) is 23.2 Å². The summed E-state index contributed by atoms with van der Waals surface area (Å²) in [7, 11) is 0. The van der Waals surface area contributed by atoms with E-state index in [0.29, 0.717) is 11.4 Å². The van der Waals surface area contributed by atoms with Crippen LogP contribution in [-0.4, -0.2) is 29.7 Å². The summed E-state index contributed by atoms with van der Waals surface area (Å²) in [5.41, 5.74) is 0.826. The van der Waals surface area contributed by atoms with E-state index in [4.69, 9.17) is 0 Å². The van der Waals surface area contributed by atoms with Crippen molar-refractivity contribution in [3.8, 4) is 17.2 Å². The molecule has 0 fully saturated rings. The molecule has 0 saturated carbocycles. The molecule has 4 heterocycles. The van der Waals surface area contributed by atoms with Crippen LogP contribution in [0.15, 0.2) is 54.9 Å². The fourth-order valence-electron chi connectivity index (χ4n) is 3.11. The Hall–Kier alpha value is -3.82. The number of aromatic amines is 1. The third-order valence-corrected chi connectivity index (χ3v) is 4.43. The lowest BCUT2D eigenvalue weighted by atomic mass is 10.2. The molecule has 5 rings (SSSR count). The third-order valence-electron chi connectivity index (χ3n) is 4.43. The molecule has 0 aliphatic carbocycles. The van der Waals surface area contributed by atoms with E-state index in [1.165, 1.54) is 22.8 Å². The number of rotatable bonds is 2. The van der Waals surface area contributed by atoms with Crippen LogP contribution in [0.1, 0.15) is 5.69 Å². The highest BCUT2D eigenvalue weighted by atomic mass is 19.4. The molecule has 0 aliphatic rings. The molecule has 0 radical (unpaired) electrons. The Morgan fingerprint density at radius 1 is 0.931 bits per heavy atom. The summed E-state index contributed by atoms with van der Waals surface area (Å²) in [5.74, 6) is -0.289. The van der Waals surface area contributed by atoms with Crippen molar-refractivity contribution >= 4 is 22.1 Å². The van der Waals surface area contributed by atoms with Gasteiger partial charge in [0.05, 0.1) is 23.6 Å². The first-order valence-electron chi connectivity index (χ1n) is 8.42. The highest BCUT2D eigenvalue weighted by molar-refractivity contribution is 5.84. The Balaban J connectivity index is 1.83. The molecule has 1 N–H and O–H groups in total. The minimum absolute atomic E-state index is 0.0174. The van der Waals surface area contributed by atoms with E-state index in [9.17, 15) is 17.6 Å². The van der Waals surface area contributed by atoms with E-state index in [1.807, 2.05) is 0 Å². The summed E-state index contributed by atoms with van der Waals surface area (Å²) in [6, 6.07) is 9.95. The lowest BCUT2D eigenvalue weighted by molar-refractivity contribution is -0.141. The normalized spacial score (nSPS) is 12.1. The number of hydrogen-bond donors (Lipinski definition) is 1. The number of nitrogens with one attached hydrogen (secondary N) is 1. The molecule has 0 unspecified atom stereocenters. The Morgan fingerprint density at radius 3 is 2.55 bits per heavy atom. The van der Waals surface area contributed by atoms with E-state index in [1.54, 1.807) is 24.4 Å². The average molecular weight is 398 g/mol.